The van der Waals surface area contributed by atoms with Crippen LogP contribution in [-0.4, -0.2) is 54.8 Å². The molecule has 0 bridgehead atoms. The number of benzene rings is 1. The van der Waals surface area contributed by atoms with E-state index >= 15 is 0 Å². The second-order valence-electron chi connectivity index (χ2n) is 7.20. The maximum atomic E-state index is 12.5. The second-order valence-corrected chi connectivity index (χ2v) is 7.20. The Labute approximate surface area is 163 Å². The van der Waals surface area contributed by atoms with E-state index in [9.17, 15) is 19.2 Å². The Bertz CT molecular complexity index is 771. The van der Waals surface area contributed by atoms with E-state index in [1.54, 1.807) is 29.2 Å². The molecule has 0 radical (unpaired) electrons. The minimum absolute atomic E-state index is 0.0414. The van der Waals surface area contributed by atoms with E-state index < -0.39 is 6.04 Å². The van der Waals surface area contributed by atoms with Crippen LogP contribution in [0.1, 0.15) is 42.5 Å². The Morgan fingerprint density at radius 2 is 1.89 bits per heavy atom. The Balaban J connectivity index is 1.49. The quantitative estimate of drug-likeness (QED) is 0.742. The summed E-state index contributed by atoms with van der Waals surface area (Å²) in [5.41, 5.74) is 0.892. The van der Waals surface area contributed by atoms with Crippen molar-refractivity contribution in [1.82, 2.24) is 10.2 Å². The van der Waals surface area contributed by atoms with Crippen molar-refractivity contribution in [3.8, 4) is 0 Å². The monoisotopic (exact) mass is 387 g/mol. The molecule has 0 aliphatic carbocycles. The van der Waals surface area contributed by atoms with Crippen LogP contribution >= 0.6 is 0 Å². The number of hydrogen-bond donors (Lipinski definition) is 2. The van der Waals surface area contributed by atoms with E-state index in [1.165, 1.54) is 7.11 Å². The maximum absolute atomic E-state index is 12.5. The zero-order valence-electron chi connectivity index (χ0n) is 15.9. The van der Waals surface area contributed by atoms with E-state index in [-0.39, 0.29) is 42.5 Å². The molecule has 1 fully saturated rings. The number of rotatable bonds is 5. The number of piperidine rings is 1. The second kappa shape index (κ2) is 8.86. The molecule has 1 aromatic rings. The Morgan fingerprint density at radius 3 is 2.61 bits per heavy atom. The molecule has 1 saturated heterocycles. The highest BCUT2D eigenvalue weighted by Gasteiger charge is 2.29. The number of anilines is 1. The number of likely N-dealkylation sites (tertiary alicyclic amines) is 1. The summed E-state index contributed by atoms with van der Waals surface area (Å²) >= 11 is 0. The molecule has 0 saturated carbocycles. The first-order valence-corrected chi connectivity index (χ1v) is 9.53. The van der Waals surface area contributed by atoms with Gasteiger partial charge in [-0.2, -0.15) is 0 Å². The number of amides is 3. The summed E-state index contributed by atoms with van der Waals surface area (Å²) in [6, 6.07) is 6.06. The van der Waals surface area contributed by atoms with Crippen molar-refractivity contribution in [3.63, 3.8) is 0 Å². The third-order valence-corrected chi connectivity index (χ3v) is 5.35. The third kappa shape index (κ3) is 4.68. The lowest BCUT2D eigenvalue weighted by Gasteiger charge is -2.32. The number of fused-ring (bicyclic) bond motifs is 1. The topological polar surface area (TPSA) is 105 Å². The first-order valence-electron chi connectivity index (χ1n) is 9.53. The number of carbonyl (C=O) groups excluding carboxylic acids is 4. The van der Waals surface area contributed by atoms with Crippen LogP contribution in [0.2, 0.25) is 0 Å². The van der Waals surface area contributed by atoms with Gasteiger partial charge < -0.3 is 20.3 Å². The standard InChI is InChI=1S/C20H25N3O5/c1-28-18(25)12-13-8-10-23(11-9-13)17(24)7-6-16-20(27)21-15-5-3-2-4-14(15)19(26)22-16/h2-5,13,16H,6-12H2,1H3,(H,21,27)(H,22,26). The van der Waals surface area contributed by atoms with Crippen molar-refractivity contribution in [2.75, 3.05) is 25.5 Å². The van der Waals surface area contributed by atoms with Gasteiger partial charge in [-0.25, -0.2) is 0 Å². The maximum Gasteiger partial charge on any atom is 0.305 e. The van der Waals surface area contributed by atoms with Crippen LogP contribution in [0.25, 0.3) is 0 Å². The van der Waals surface area contributed by atoms with Gasteiger partial charge in [-0.3, -0.25) is 19.2 Å². The molecule has 2 heterocycles. The molecule has 1 atom stereocenters. The first-order chi connectivity index (χ1) is 13.5. The van der Waals surface area contributed by atoms with Gasteiger partial charge in [0.1, 0.15) is 6.04 Å². The number of carbonyl (C=O) groups is 4. The van der Waals surface area contributed by atoms with Gasteiger partial charge in [0, 0.05) is 25.9 Å². The van der Waals surface area contributed by atoms with Crippen molar-refractivity contribution >= 4 is 29.4 Å². The molecule has 1 aromatic carbocycles. The minimum atomic E-state index is -0.749. The van der Waals surface area contributed by atoms with E-state index in [2.05, 4.69) is 10.6 Å². The lowest BCUT2D eigenvalue weighted by atomic mass is 9.93. The highest BCUT2D eigenvalue weighted by atomic mass is 16.5. The van der Waals surface area contributed by atoms with Gasteiger partial charge in [-0.1, -0.05) is 12.1 Å². The van der Waals surface area contributed by atoms with Crippen molar-refractivity contribution < 1.29 is 23.9 Å². The number of nitrogens with one attached hydrogen (secondary N) is 2. The summed E-state index contributed by atoms with van der Waals surface area (Å²) < 4.78 is 4.69. The molecule has 2 aliphatic rings. The zero-order chi connectivity index (χ0) is 20.1. The van der Waals surface area contributed by atoms with Crippen molar-refractivity contribution in [2.45, 2.75) is 38.1 Å². The molecule has 8 heteroatoms. The molecular weight excluding hydrogens is 362 g/mol. The Kier molecular flexibility index (Phi) is 6.28. The number of methoxy groups -OCH3 is 1. The van der Waals surface area contributed by atoms with Crippen LogP contribution in [0.5, 0.6) is 0 Å². The average molecular weight is 387 g/mol. The van der Waals surface area contributed by atoms with Gasteiger partial charge in [0.05, 0.1) is 18.4 Å². The Morgan fingerprint density at radius 1 is 1.18 bits per heavy atom. The molecule has 3 rings (SSSR count). The summed E-state index contributed by atoms with van der Waals surface area (Å²) in [5, 5.41) is 5.45. The molecule has 0 aromatic heterocycles. The summed E-state index contributed by atoms with van der Waals surface area (Å²) in [7, 11) is 1.38. The van der Waals surface area contributed by atoms with Gasteiger partial charge in [-0.15, -0.1) is 0 Å². The SMILES string of the molecule is COC(=O)CC1CCN(C(=O)CCC2NC(=O)c3ccccc3NC2=O)CC1. The summed E-state index contributed by atoms with van der Waals surface area (Å²) in [6.45, 7) is 1.18. The van der Waals surface area contributed by atoms with E-state index in [1.807, 2.05) is 0 Å². The summed E-state index contributed by atoms with van der Waals surface area (Å²) in [4.78, 5) is 50.3. The molecule has 0 spiro atoms. The number of nitrogens with zero attached hydrogens (tertiary/aromatic N) is 1. The first kappa shape index (κ1) is 19.9. The average Bonchev–Trinajstić information content (AvgIpc) is 2.82. The van der Waals surface area contributed by atoms with Gasteiger partial charge >= 0.3 is 5.97 Å². The van der Waals surface area contributed by atoms with Crippen LogP contribution in [0.3, 0.4) is 0 Å². The fourth-order valence-corrected chi connectivity index (χ4v) is 3.65. The minimum Gasteiger partial charge on any atom is -0.469 e. The van der Waals surface area contributed by atoms with Crippen molar-refractivity contribution in [3.05, 3.63) is 29.8 Å². The van der Waals surface area contributed by atoms with Crippen LogP contribution in [-0.2, 0) is 19.1 Å². The molecular formula is C20H25N3O5. The predicted molar refractivity (Wildman–Crippen MR) is 101 cm³/mol. The fraction of sp³-hybridized carbons (Fsp3) is 0.500. The highest BCUT2D eigenvalue weighted by Crippen LogP contribution is 2.23. The molecule has 1 unspecified atom stereocenters. The zero-order valence-corrected chi connectivity index (χ0v) is 15.9. The lowest BCUT2D eigenvalue weighted by Crippen LogP contribution is -2.43. The van der Waals surface area contributed by atoms with E-state index in [0.29, 0.717) is 30.8 Å². The largest absolute Gasteiger partial charge is 0.469 e. The predicted octanol–water partition coefficient (Wildman–Crippen LogP) is 1.32. The van der Waals surface area contributed by atoms with Gasteiger partial charge in [0.2, 0.25) is 11.8 Å². The smallest absolute Gasteiger partial charge is 0.305 e. The molecule has 2 aliphatic heterocycles. The van der Waals surface area contributed by atoms with Crippen molar-refractivity contribution in [2.24, 2.45) is 5.92 Å². The number of ether oxygens (including phenoxy) is 1. The molecule has 2 N–H and O–H groups in total. The lowest BCUT2D eigenvalue weighted by molar-refractivity contribution is -0.142. The number of para-hydroxylation sites is 1. The summed E-state index contributed by atoms with van der Waals surface area (Å²) in [6.07, 6.45) is 2.32. The molecule has 8 nitrogen and oxygen atoms in total. The van der Waals surface area contributed by atoms with Gasteiger partial charge in [0.15, 0.2) is 0 Å². The summed E-state index contributed by atoms with van der Waals surface area (Å²) in [5.74, 6) is -0.666. The van der Waals surface area contributed by atoms with Gasteiger partial charge in [-0.05, 0) is 37.3 Å². The van der Waals surface area contributed by atoms with E-state index in [4.69, 9.17) is 4.74 Å². The molecule has 150 valence electrons. The highest BCUT2D eigenvalue weighted by molar-refractivity contribution is 6.09. The fourth-order valence-electron chi connectivity index (χ4n) is 3.65. The normalized spacial score (nSPS) is 19.9. The van der Waals surface area contributed by atoms with E-state index in [0.717, 1.165) is 12.8 Å². The number of esters is 1. The van der Waals surface area contributed by atoms with Crippen LogP contribution in [0.4, 0.5) is 5.69 Å². The van der Waals surface area contributed by atoms with Crippen LogP contribution in [0.15, 0.2) is 24.3 Å². The molecule has 3 amide bonds. The third-order valence-electron chi connectivity index (χ3n) is 5.35. The number of hydrogen-bond acceptors (Lipinski definition) is 5. The van der Waals surface area contributed by atoms with Crippen molar-refractivity contribution in [1.29, 1.82) is 0 Å². The van der Waals surface area contributed by atoms with Crippen LogP contribution < -0.4 is 10.6 Å². The molecule has 28 heavy (non-hydrogen) atoms. The van der Waals surface area contributed by atoms with Crippen LogP contribution in [0, 0.1) is 5.92 Å². The Hall–Kier alpha value is -2.90. The van der Waals surface area contributed by atoms with Gasteiger partial charge in [0.25, 0.3) is 5.91 Å².